The highest BCUT2D eigenvalue weighted by atomic mass is 16.1. The molecule has 124 valence electrons. The number of carbonyl (C=O) groups is 1. The Balaban J connectivity index is 1.64. The summed E-state index contributed by atoms with van der Waals surface area (Å²) < 4.78 is 1.75. The first-order valence-electron chi connectivity index (χ1n) is 7.80. The number of rotatable bonds is 4. The van der Waals surface area contributed by atoms with E-state index in [2.05, 4.69) is 20.1 Å². The number of aryl methyl sites for hydroxylation is 1. The van der Waals surface area contributed by atoms with E-state index in [9.17, 15) is 4.79 Å². The zero-order chi connectivity index (χ0) is 17.4. The fourth-order valence-electron chi connectivity index (χ4n) is 2.89. The number of nitrogens with two attached hydrogens (primary N) is 1. The molecule has 0 unspecified atom stereocenters. The van der Waals surface area contributed by atoms with Gasteiger partial charge in [-0.2, -0.15) is 5.10 Å². The van der Waals surface area contributed by atoms with Crippen molar-refractivity contribution < 1.29 is 4.79 Å². The van der Waals surface area contributed by atoms with Gasteiger partial charge in [0, 0.05) is 25.0 Å². The Bertz CT molecular complexity index is 1060. The standard InChI is InChI=1S/C18H16N6O/c1-24-9-13(8-23-24)15-3-2-11(7-20-15)4-12-5-14(18(19)25)17-16(6-12)21-10-22-17/h2-3,5-10H,4H2,1H3,(H2,19,25)(H,21,22). The lowest BCUT2D eigenvalue weighted by molar-refractivity contribution is 0.100. The Kier molecular flexibility index (Phi) is 3.53. The van der Waals surface area contributed by atoms with Crippen LogP contribution >= 0.6 is 0 Å². The van der Waals surface area contributed by atoms with Gasteiger partial charge < -0.3 is 10.7 Å². The molecule has 4 rings (SSSR count). The highest BCUT2D eigenvalue weighted by Crippen LogP contribution is 2.21. The molecule has 0 saturated heterocycles. The molecule has 3 N–H and O–H groups in total. The molecule has 0 spiro atoms. The first kappa shape index (κ1) is 15.1. The van der Waals surface area contributed by atoms with Gasteiger partial charge in [0.15, 0.2) is 0 Å². The Labute approximate surface area is 143 Å². The minimum Gasteiger partial charge on any atom is -0.366 e. The molecular weight excluding hydrogens is 316 g/mol. The number of primary amides is 1. The third-order valence-electron chi connectivity index (χ3n) is 4.08. The number of aromatic nitrogens is 5. The average Bonchev–Trinajstić information content (AvgIpc) is 3.23. The van der Waals surface area contributed by atoms with E-state index in [4.69, 9.17) is 5.73 Å². The van der Waals surface area contributed by atoms with Crippen LogP contribution in [-0.4, -0.2) is 30.6 Å². The number of pyridine rings is 1. The van der Waals surface area contributed by atoms with Crippen LogP contribution < -0.4 is 5.73 Å². The summed E-state index contributed by atoms with van der Waals surface area (Å²) in [6.45, 7) is 0. The molecule has 3 heterocycles. The second-order valence-corrected chi connectivity index (χ2v) is 5.94. The van der Waals surface area contributed by atoms with E-state index >= 15 is 0 Å². The third-order valence-corrected chi connectivity index (χ3v) is 4.08. The van der Waals surface area contributed by atoms with Crippen molar-refractivity contribution in [2.75, 3.05) is 0 Å². The number of H-pyrrole nitrogens is 1. The van der Waals surface area contributed by atoms with E-state index in [0.29, 0.717) is 17.5 Å². The fraction of sp³-hybridized carbons (Fsp3) is 0.111. The van der Waals surface area contributed by atoms with Crippen molar-refractivity contribution in [1.29, 1.82) is 0 Å². The van der Waals surface area contributed by atoms with Crippen LogP contribution in [0.25, 0.3) is 22.3 Å². The van der Waals surface area contributed by atoms with E-state index in [-0.39, 0.29) is 0 Å². The van der Waals surface area contributed by atoms with Gasteiger partial charge in [-0.1, -0.05) is 6.07 Å². The first-order valence-corrected chi connectivity index (χ1v) is 7.80. The lowest BCUT2D eigenvalue weighted by atomic mass is 10.0. The maximum Gasteiger partial charge on any atom is 0.250 e. The van der Waals surface area contributed by atoms with Crippen molar-refractivity contribution in [2.24, 2.45) is 12.8 Å². The van der Waals surface area contributed by atoms with E-state index in [1.807, 2.05) is 37.6 Å². The number of nitrogens with one attached hydrogen (secondary N) is 1. The van der Waals surface area contributed by atoms with E-state index in [1.54, 1.807) is 23.3 Å². The molecule has 0 bridgehead atoms. The van der Waals surface area contributed by atoms with Gasteiger partial charge in [-0.15, -0.1) is 0 Å². The summed E-state index contributed by atoms with van der Waals surface area (Å²) in [5.41, 5.74) is 11.2. The Morgan fingerprint density at radius 3 is 2.76 bits per heavy atom. The molecule has 0 aliphatic rings. The molecule has 0 aliphatic carbocycles. The maximum absolute atomic E-state index is 11.7. The van der Waals surface area contributed by atoms with Gasteiger partial charge in [0.25, 0.3) is 5.91 Å². The van der Waals surface area contributed by atoms with Crippen molar-refractivity contribution >= 4 is 16.9 Å². The van der Waals surface area contributed by atoms with Crippen LogP contribution in [0.15, 0.2) is 49.2 Å². The Hall–Kier alpha value is -3.48. The number of imidazole rings is 1. The molecule has 0 fully saturated rings. The lowest BCUT2D eigenvalue weighted by Gasteiger charge is -2.06. The second-order valence-electron chi connectivity index (χ2n) is 5.94. The maximum atomic E-state index is 11.7. The van der Waals surface area contributed by atoms with Crippen molar-refractivity contribution in [2.45, 2.75) is 6.42 Å². The predicted molar refractivity (Wildman–Crippen MR) is 93.9 cm³/mol. The zero-order valence-electron chi connectivity index (χ0n) is 13.6. The summed E-state index contributed by atoms with van der Waals surface area (Å²) in [5.74, 6) is -0.482. The fourth-order valence-corrected chi connectivity index (χ4v) is 2.89. The molecule has 0 saturated carbocycles. The van der Waals surface area contributed by atoms with Gasteiger partial charge >= 0.3 is 0 Å². The molecular formula is C18H16N6O. The van der Waals surface area contributed by atoms with Gasteiger partial charge in [0.1, 0.15) is 5.52 Å². The number of hydrogen-bond acceptors (Lipinski definition) is 4. The van der Waals surface area contributed by atoms with Crippen LogP contribution in [0, 0.1) is 0 Å². The van der Waals surface area contributed by atoms with Crippen molar-refractivity contribution in [3.05, 3.63) is 65.9 Å². The van der Waals surface area contributed by atoms with Crippen LogP contribution in [0.3, 0.4) is 0 Å². The molecule has 1 amide bonds. The van der Waals surface area contributed by atoms with Crippen LogP contribution in [0.2, 0.25) is 0 Å². The summed E-state index contributed by atoms with van der Waals surface area (Å²) >= 11 is 0. The predicted octanol–water partition coefficient (Wildman–Crippen LogP) is 2.05. The quantitative estimate of drug-likeness (QED) is 0.597. The number of nitrogens with zero attached hydrogens (tertiary/aromatic N) is 4. The van der Waals surface area contributed by atoms with Gasteiger partial charge in [0.05, 0.1) is 29.3 Å². The number of amides is 1. The second kappa shape index (κ2) is 5.86. The molecule has 4 aromatic rings. The SMILES string of the molecule is Cn1cc(-c2ccc(Cc3cc(C(N)=O)c4nc[nH]c4c3)cn2)cn1. The topological polar surface area (TPSA) is 102 Å². The third kappa shape index (κ3) is 2.87. The minimum atomic E-state index is -0.482. The van der Waals surface area contributed by atoms with Gasteiger partial charge in [-0.25, -0.2) is 4.98 Å². The largest absolute Gasteiger partial charge is 0.366 e. The summed E-state index contributed by atoms with van der Waals surface area (Å²) in [6.07, 6.45) is 7.75. The van der Waals surface area contributed by atoms with Gasteiger partial charge in [-0.05, 0) is 35.7 Å². The highest BCUT2D eigenvalue weighted by Gasteiger charge is 2.12. The van der Waals surface area contributed by atoms with Gasteiger partial charge in [0.2, 0.25) is 0 Å². The Morgan fingerprint density at radius 2 is 2.08 bits per heavy atom. The van der Waals surface area contributed by atoms with Crippen LogP contribution in [0.4, 0.5) is 0 Å². The summed E-state index contributed by atoms with van der Waals surface area (Å²) in [6, 6.07) is 7.76. The van der Waals surface area contributed by atoms with E-state index in [0.717, 1.165) is 27.9 Å². The molecule has 7 heteroatoms. The number of fused-ring (bicyclic) bond motifs is 1. The first-order chi connectivity index (χ1) is 12.1. The van der Waals surface area contributed by atoms with E-state index in [1.165, 1.54) is 0 Å². The average molecular weight is 332 g/mol. The Morgan fingerprint density at radius 1 is 1.20 bits per heavy atom. The van der Waals surface area contributed by atoms with Crippen LogP contribution in [0.5, 0.6) is 0 Å². The number of benzene rings is 1. The number of aromatic amines is 1. The number of carbonyl (C=O) groups excluding carboxylic acids is 1. The van der Waals surface area contributed by atoms with Gasteiger partial charge in [-0.3, -0.25) is 14.5 Å². The molecule has 1 aromatic carbocycles. The number of hydrogen-bond donors (Lipinski definition) is 2. The molecule has 7 nitrogen and oxygen atoms in total. The van der Waals surface area contributed by atoms with Crippen LogP contribution in [0.1, 0.15) is 21.5 Å². The lowest BCUT2D eigenvalue weighted by Crippen LogP contribution is -2.12. The van der Waals surface area contributed by atoms with Crippen molar-refractivity contribution in [3.8, 4) is 11.3 Å². The van der Waals surface area contributed by atoms with Crippen LogP contribution in [-0.2, 0) is 13.5 Å². The molecule has 0 atom stereocenters. The minimum absolute atomic E-state index is 0.425. The molecule has 0 aliphatic heterocycles. The normalized spacial score (nSPS) is 11.1. The van der Waals surface area contributed by atoms with E-state index < -0.39 is 5.91 Å². The monoisotopic (exact) mass is 332 g/mol. The molecule has 0 radical (unpaired) electrons. The van der Waals surface area contributed by atoms with Crippen molar-refractivity contribution in [1.82, 2.24) is 24.7 Å². The summed E-state index contributed by atoms with van der Waals surface area (Å²) in [4.78, 5) is 23.4. The molecule has 25 heavy (non-hydrogen) atoms. The zero-order valence-corrected chi connectivity index (χ0v) is 13.6. The summed E-state index contributed by atoms with van der Waals surface area (Å²) in [7, 11) is 1.87. The summed E-state index contributed by atoms with van der Waals surface area (Å²) in [5, 5.41) is 4.16. The highest BCUT2D eigenvalue weighted by molar-refractivity contribution is 6.04. The molecule has 3 aromatic heterocycles. The van der Waals surface area contributed by atoms with Crippen molar-refractivity contribution in [3.63, 3.8) is 0 Å². The smallest absolute Gasteiger partial charge is 0.250 e.